The van der Waals surface area contributed by atoms with Crippen LogP contribution in [-0.2, 0) is 0 Å². The van der Waals surface area contributed by atoms with Gasteiger partial charge in [0.2, 0.25) is 11.6 Å². The highest BCUT2D eigenvalue weighted by Gasteiger charge is 2.33. The predicted octanol–water partition coefficient (Wildman–Crippen LogP) is 3.08. The van der Waals surface area contributed by atoms with Gasteiger partial charge in [-0.1, -0.05) is 0 Å². The first-order chi connectivity index (χ1) is 7.26. The number of aldehydes is 1. The lowest BCUT2D eigenvalue weighted by Crippen LogP contribution is -2.18. The third-order valence-corrected chi connectivity index (χ3v) is 1.57. The van der Waals surface area contributed by atoms with E-state index in [0.29, 0.717) is 0 Å². The molecule has 0 fully saturated rings. The molecule has 0 aromatic heterocycles. The lowest BCUT2D eigenvalue weighted by atomic mass is 10.2. The number of ether oxygens (including phenoxy) is 1. The van der Waals surface area contributed by atoms with Crippen LogP contribution in [0.3, 0.4) is 0 Å². The molecule has 0 saturated carbocycles. The molecular formula is C8H2ClF5O2. The van der Waals surface area contributed by atoms with E-state index in [2.05, 4.69) is 16.3 Å². The van der Waals surface area contributed by atoms with Gasteiger partial charge in [0.1, 0.15) is 0 Å². The zero-order valence-corrected chi connectivity index (χ0v) is 7.99. The molecule has 0 atom stereocenters. The summed E-state index contributed by atoms with van der Waals surface area (Å²) in [4.78, 5) is 10.2. The predicted molar refractivity (Wildman–Crippen MR) is 43.1 cm³/mol. The number of carbonyl (C=O) groups is 1. The molecule has 0 saturated heterocycles. The molecule has 16 heavy (non-hydrogen) atoms. The molecule has 0 heterocycles. The quantitative estimate of drug-likeness (QED) is 0.361. The molecule has 0 spiro atoms. The highest BCUT2D eigenvalue weighted by atomic mass is 35.5. The van der Waals surface area contributed by atoms with Crippen LogP contribution < -0.4 is 4.74 Å². The summed E-state index contributed by atoms with van der Waals surface area (Å²) in [7, 11) is 0. The Bertz CT molecular complexity index is 429. The van der Waals surface area contributed by atoms with E-state index in [-0.39, 0.29) is 12.4 Å². The van der Waals surface area contributed by atoms with Crippen LogP contribution in [0.1, 0.15) is 10.4 Å². The molecular weight excluding hydrogens is 259 g/mol. The summed E-state index contributed by atoms with van der Waals surface area (Å²) in [6, 6.07) is 0.205. The van der Waals surface area contributed by atoms with Crippen LogP contribution in [0, 0.1) is 17.5 Å². The lowest BCUT2D eigenvalue weighted by Gasteiger charge is -2.12. The Hall–Kier alpha value is -1.37. The van der Waals surface area contributed by atoms with Crippen LogP contribution >= 0.6 is 11.6 Å². The van der Waals surface area contributed by atoms with E-state index in [1.54, 1.807) is 0 Å². The Balaban J connectivity index is 3.36. The molecule has 88 valence electrons. The van der Waals surface area contributed by atoms with Gasteiger partial charge in [-0.2, -0.15) is 4.39 Å². The van der Waals surface area contributed by atoms with Crippen molar-refractivity contribution in [2.24, 2.45) is 0 Å². The maximum atomic E-state index is 13.1. The van der Waals surface area contributed by atoms with Gasteiger partial charge in [-0.15, -0.1) is 8.78 Å². The summed E-state index contributed by atoms with van der Waals surface area (Å²) in [5.74, 6) is -7.21. The number of hydrogen-bond donors (Lipinski definition) is 0. The first-order valence-corrected chi connectivity index (χ1v) is 4.02. The monoisotopic (exact) mass is 260 g/mol. The van der Waals surface area contributed by atoms with Crippen molar-refractivity contribution in [1.29, 1.82) is 0 Å². The van der Waals surface area contributed by atoms with E-state index in [1.807, 2.05) is 0 Å². The fraction of sp³-hybridized carbons (Fsp3) is 0.125. The second-order valence-corrected chi connectivity index (χ2v) is 3.01. The van der Waals surface area contributed by atoms with E-state index < -0.39 is 34.3 Å². The van der Waals surface area contributed by atoms with Crippen molar-refractivity contribution >= 4 is 17.9 Å². The van der Waals surface area contributed by atoms with Gasteiger partial charge < -0.3 is 4.74 Å². The van der Waals surface area contributed by atoms with Crippen molar-refractivity contribution in [1.82, 2.24) is 0 Å². The van der Waals surface area contributed by atoms with E-state index in [1.165, 1.54) is 0 Å². The van der Waals surface area contributed by atoms with Crippen molar-refractivity contribution in [3.05, 3.63) is 29.1 Å². The van der Waals surface area contributed by atoms with Crippen LogP contribution in [-0.4, -0.2) is 11.9 Å². The van der Waals surface area contributed by atoms with Crippen molar-refractivity contribution < 1.29 is 31.5 Å². The molecule has 0 unspecified atom stereocenters. The van der Waals surface area contributed by atoms with E-state index >= 15 is 0 Å². The zero-order chi connectivity index (χ0) is 12.5. The van der Waals surface area contributed by atoms with Crippen LogP contribution in [0.5, 0.6) is 5.75 Å². The van der Waals surface area contributed by atoms with Crippen LogP contribution in [0.15, 0.2) is 6.07 Å². The van der Waals surface area contributed by atoms with Gasteiger partial charge in [0, 0.05) is 11.6 Å². The number of benzene rings is 1. The molecule has 0 N–H and O–H groups in total. The molecule has 0 bridgehead atoms. The number of alkyl halides is 3. The highest BCUT2D eigenvalue weighted by Crippen LogP contribution is 2.32. The Morgan fingerprint density at radius 2 is 1.81 bits per heavy atom. The second-order valence-electron chi connectivity index (χ2n) is 2.57. The van der Waals surface area contributed by atoms with Crippen LogP contribution in [0.25, 0.3) is 0 Å². The Morgan fingerprint density at radius 3 is 2.25 bits per heavy atom. The number of carbonyl (C=O) groups excluding carboxylic acids is 1. The molecule has 0 aliphatic rings. The SMILES string of the molecule is O=Cc1cc(F)c(F)c(OC(F)(F)Cl)c1F. The number of hydrogen-bond acceptors (Lipinski definition) is 2. The van der Waals surface area contributed by atoms with Gasteiger partial charge in [-0.3, -0.25) is 4.79 Å². The minimum atomic E-state index is -4.42. The van der Waals surface area contributed by atoms with Gasteiger partial charge in [0.25, 0.3) is 0 Å². The van der Waals surface area contributed by atoms with E-state index in [0.717, 1.165) is 0 Å². The van der Waals surface area contributed by atoms with E-state index in [9.17, 15) is 26.7 Å². The Morgan fingerprint density at radius 1 is 1.25 bits per heavy atom. The van der Waals surface area contributed by atoms with Gasteiger partial charge in [-0.25, -0.2) is 8.78 Å². The van der Waals surface area contributed by atoms with Gasteiger partial charge in [-0.05, 0) is 6.07 Å². The first-order valence-electron chi connectivity index (χ1n) is 3.64. The summed E-state index contributed by atoms with van der Waals surface area (Å²) in [6.45, 7) is 0. The normalized spacial score (nSPS) is 11.4. The van der Waals surface area contributed by atoms with Crippen molar-refractivity contribution in [3.8, 4) is 5.75 Å². The third-order valence-electron chi connectivity index (χ3n) is 1.49. The largest absolute Gasteiger partial charge is 0.487 e. The van der Waals surface area contributed by atoms with E-state index in [4.69, 9.17) is 0 Å². The fourth-order valence-electron chi connectivity index (χ4n) is 0.890. The van der Waals surface area contributed by atoms with Gasteiger partial charge >= 0.3 is 5.57 Å². The molecule has 0 radical (unpaired) electrons. The Labute approximate surface area is 90.6 Å². The molecule has 0 aliphatic heterocycles. The maximum absolute atomic E-state index is 13.1. The van der Waals surface area contributed by atoms with Gasteiger partial charge in [0.05, 0.1) is 5.56 Å². The number of halogens is 6. The summed E-state index contributed by atoms with van der Waals surface area (Å²) >= 11 is 4.26. The minimum absolute atomic E-state index is 0.183. The molecule has 8 heteroatoms. The smallest absolute Gasteiger partial charge is 0.414 e. The standard InChI is InChI=1S/C8H2ClF5O2/c9-8(13,14)16-7-5(11)3(2-15)1-4(10)6(7)12/h1-2H. The van der Waals surface area contributed by atoms with Crippen molar-refractivity contribution in [2.75, 3.05) is 0 Å². The maximum Gasteiger partial charge on any atom is 0.487 e. The van der Waals surface area contributed by atoms with Crippen LogP contribution in [0.4, 0.5) is 22.0 Å². The third kappa shape index (κ3) is 2.60. The topological polar surface area (TPSA) is 26.3 Å². The molecule has 1 rings (SSSR count). The fourth-order valence-corrected chi connectivity index (χ4v) is 0.967. The zero-order valence-electron chi connectivity index (χ0n) is 7.24. The van der Waals surface area contributed by atoms with Crippen LogP contribution in [0.2, 0.25) is 0 Å². The highest BCUT2D eigenvalue weighted by molar-refractivity contribution is 6.20. The second kappa shape index (κ2) is 4.25. The first kappa shape index (κ1) is 12.7. The molecule has 1 aromatic carbocycles. The summed E-state index contributed by atoms with van der Waals surface area (Å²) in [5, 5.41) is 0. The number of rotatable bonds is 3. The summed E-state index contributed by atoms with van der Waals surface area (Å²) in [6.07, 6.45) is -0.183. The van der Waals surface area contributed by atoms with Crippen molar-refractivity contribution in [3.63, 3.8) is 0 Å². The Kier molecular flexibility index (Phi) is 3.37. The molecule has 0 aliphatic carbocycles. The molecule has 0 amide bonds. The molecule has 1 aromatic rings. The minimum Gasteiger partial charge on any atom is -0.414 e. The van der Waals surface area contributed by atoms with Crippen molar-refractivity contribution in [2.45, 2.75) is 5.57 Å². The summed E-state index contributed by atoms with van der Waals surface area (Å²) < 4.78 is 66.3. The molecule has 2 nitrogen and oxygen atoms in total. The lowest BCUT2D eigenvalue weighted by molar-refractivity contribution is -0.101. The van der Waals surface area contributed by atoms with Gasteiger partial charge in [0.15, 0.2) is 17.9 Å². The summed E-state index contributed by atoms with van der Waals surface area (Å²) in [5.41, 5.74) is -5.38. The average molecular weight is 261 g/mol. The average Bonchev–Trinajstić information content (AvgIpc) is 2.17.